The molecule has 5 heteroatoms. The lowest BCUT2D eigenvalue weighted by Crippen LogP contribution is -2.36. The zero-order chi connectivity index (χ0) is 10.3. The fourth-order valence-corrected chi connectivity index (χ4v) is 1.93. The van der Waals surface area contributed by atoms with Gasteiger partial charge in [0.1, 0.15) is 0 Å². The molecule has 2 heterocycles. The van der Waals surface area contributed by atoms with Crippen molar-refractivity contribution in [2.24, 2.45) is 5.73 Å². The molecule has 0 radical (unpaired) electrons. The normalized spacial score (nSPS) is 28.3. The van der Waals surface area contributed by atoms with E-state index in [4.69, 9.17) is 15.2 Å². The fourth-order valence-electron chi connectivity index (χ4n) is 1.93. The molecule has 0 saturated carbocycles. The molecule has 80 valence electrons. The van der Waals surface area contributed by atoms with E-state index in [9.17, 15) is 0 Å². The molecule has 1 fully saturated rings. The highest BCUT2D eigenvalue weighted by Gasteiger charge is 2.24. The number of nitrogens with two attached hydrogens (primary N) is 1. The minimum Gasteiger partial charge on any atom is -0.454 e. The van der Waals surface area contributed by atoms with Gasteiger partial charge >= 0.3 is 0 Å². The topological polar surface area (TPSA) is 68.5 Å². The van der Waals surface area contributed by atoms with Crippen LogP contribution in [0.25, 0.3) is 0 Å². The van der Waals surface area contributed by atoms with Crippen LogP contribution >= 0.6 is 0 Å². The molecule has 2 atom stereocenters. The molecule has 0 spiro atoms. The lowest BCUT2D eigenvalue weighted by Gasteiger charge is -2.09. The van der Waals surface area contributed by atoms with E-state index < -0.39 is 0 Å². The van der Waals surface area contributed by atoms with Crippen molar-refractivity contribution in [3.05, 3.63) is 23.8 Å². The Hall–Kier alpha value is -1.30. The van der Waals surface area contributed by atoms with Gasteiger partial charge in [0.05, 0.1) is 6.17 Å². The summed E-state index contributed by atoms with van der Waals surface area (Å²) in [4.78, 5) is 0. The molecule has 0 bridgehead atoms. The summed E-state index contributed by atoms with van der Waals surface area (Å²) in [6.07, 6.45) is 0.889. The van der Waals surface area contributed by atoms with Gasteiger partial charge in [-0.2, -0.15) is 0 Å². The predicted molar refractivity (Wildman–Crippen MR) is 54.2 cm³/mol. The molecular weight excluding hydrogens is 194 g/mol. The van der Waals surface area contributed by atoms with Crippen molar-refractivity contribution in [1.29, 1.82) is 0 Å². The summed E-state index contributed by atoms with van der Waals surface area (Å²) in [6, 6.07) is 6.21. The predicted octanol–water partition coefficient (Wildman–Crippen LogP) is 0.239. The monoisotopic (exact) mass is 207 g/mol. The van der Waals surface area contributed by atoms with Crippen LogP contribution in [0.3, 0.4) is 0 Å². The summed E-state index contributed by atoms with van der Waals surface area (Å²) in [7, 11) is 0. The number of hydrazine groups is 1. The number of rotatable bonds is 1. The second-order valence-corrected chi connectivity index (χ2v) is 3.80. The van der Waals surface area contributed by atoms with Crippen LogP contribution in [0.5, 0.6) is 11.5 Å². The maximum atomic E-state index is 5.75. The Morgan fingerprint density at radius 2 is 2.07 bits per heavy atom. The third-order valence-corrected chi connectivity index (χ3v) is 2.73. The molecule has 1 aromatic carbocycles. The van der Waals surface area contributed by atoms with Crippen molar-refractivity contribution in [2.45, 2.75) is 18.6 Å². The van der Waals surface area contributed by atoms with E-state index >= 15 is 0 Å². The van der Waals surface area contributed by atoms with Gasteiger partial charge in [-0.1, -0.05) is 6.07 Å². The fraction of sp³-hybridized carbons (Fsp3) is 0.400. The average Bonchev–Trinajstić information content (AvgIpc) is 2.84. The number of hydrogen-bond acceptors (Lipinski definition) is 5. The second-order valence-electron chi connectivity index (χ2n) is 3.80. The molecule has 0 amide bonds. The zero-order valence-corrected chi connectivity index (χ0v) is 8.19. The molecule has 15 heavy (non-hydrogen) atoms. The highest BCUT2D eigenvalue weighted by Crippen LogP contribution is 2.35. The molecule has 0 aliphatic carbocycles. The highest BCUT2D eigenvalue weighted by molar-refractivity contribution is 5.45. The van der Waals surface area contributed by atoms with E-state index in [1.54, 1.807) is 0 Å². The summed E-state index contributed by atoms with van der Waals surface area (Å²) < 4.78 is 10.6. The van der Waals surface area contributed by atoms with Crippen molar-refractivity contribution in [1.82, 2.24) is 10.9 Å². The lowest BCUT2D eigenvalue weighted by molar-refractivity contribution is 0.174. The highest BCUT2D eigenvalue weighted by atomic mass is 16.7. The molecule has 0 aromatic heterocycles. The number of fused-ring (bicyclic) bond motifs is 1. The summed E-state index contributed by atoms with van der Waals surface area (Å²) in [5, 5.41) is 0. The van der Waals surface area contributed by atoms with Gasteiger partial charge < -0.3 is 15.2 Å². The molecule has 4 N–H and O–H groups in total. The zero-order valence-electron chi connectivity index (χ0n) is 8.19. The van der Waals surface area contributed by atoms with Crippen LogP contribution in [0.2, 0.25) is 0 Å². The van der Waals surface area contributed by atoms with E-state index in [1.165, 1.54) is 5.56 Å². The van der Waals surface area contributed by atoms with Gasteiger partial charge in [0.2, 0.25) is 6.79 Å². The number of benzene rings is 1. The van der Waals surface area contributed by atoms with Crippen molar-refractivity contribution >= 4 is 0 Å². The van der Waals surface area contributed by atoms with E-state index in [0.29, 0.717) is 6.79 Å². The minimum atomic E-state index is 0.0143. The van der Waals surface area contributed by atoms with E-state index in [2.05, 4.69) is 10.9 Å². The van der Waals surface area contributed by atoms with Crippen LogP contribution in [0.4, 0.5) is 0 Å². The first-order chi connectivity index (χ1) is 7.33. The van der Waals surface area contributed by atoms with Crippen LogP contribution in [0.15, 0.2) is 18.2 Å². The Balaban J connectivity index is 1.87. The standard InChI is InChI=1S/C10H13N3O2/c11-10-4-7(12-13-10)6-1-2-8-9(3-6)15-5-14-8/h1-3,7,10,12-13H,4-5,11H2. The second kappa shape index (κ2) is 3.37. The van der Waals surface area contributed by atoms with Gasteiger partial charge in [0.25, 0.3) is 0 Å². The smallest absolute Gasteiger partial charge is 0.231 e. The maximum absolute atomic E-state index is 5.75. The van der Waals surface area contributed by atoms with Crippen molar-refractivity contribution < 1.29 is 9.47 Å². The van der Waals surface area contributed by atoms with E-state index in [-0.39, 0.29) is 12.2 Å². The number of hydrogen-bond donors (Lipinski definition) is 3. The van der Waals surface area contributed by atoms with Gasteiger partial charge in [-0.05, 0) is 24.1 Å². The van der Waals surface area contributed by atoms with Gasteiger partial charge in [-0.3, -0.25) is 0 Å². The molecule has 5 nitrogen and oxygen atoms in total. The summed E-state index contributed by atoms with van der Waals surface area (Å²) in [5.41, 5.74) is 13.0. The largest absolute Gasteiger partial charge is 0.454 e. The maximum Gasteiger partial charge on any atom is 0.231 e. The van der Waals surface area contributed by atoms with Crippen LogP contribution in [0, 0.1) is 0 Å². The van der Waals surface area contributed by atoms with Crippen LogP contribution in [0.1, 0.15) is 18.0 Å². The Morgan fingerprint density at radius 3 is 2.87 bits per heavy atom. The quantitative estimate of drug-likeness (QED) is 0.615. The van der Waals surface area contributed by atoms with Gasteiger partial charge in [-0.25, -0.2) is 10.9 Å². The summed E-state index contributed by atoms with van der Waals surface area (Å²) in [5.74, 6) is 1.63. The molecule has 2 aliphatic rings. The molecule has 2 aliphatic heterocycles. The Kier molecular flexibility index (Phi) is 2.02. The summed E-state index contributed by atoms with van der Waals surface area (Å²) >= 11 is 0. The average molecular weight is 207 g/mol. The Labute approximate surface area is 87.5 Å². The lowest BCUT2D eigenvalue weighted by atomic mass is 10.0. The minimum absolute atomic E-state index is 0.0143. The SMILES string of the molecule is NC1CC(c2ccc3c(c2)OCO3)NN1. The molecular formula is C10H13N3O2. The first kappa shape index (κ1) is 8.96. The third-order valence-electron chi connectivity index (χ3n) is 2.73. The van der Waals surface area contributed by atoms with Gasteiger partial charge in [-0.15, -0.1) is 0 Å². The van der Waals surface area contributed by atoms with Crippen LogP contribution in [-0.4, -0.2) is 13.0 Å². The Morgan fingerprint density at radius 1 is 1.20 bits per heavy atom. The van der Waals surface area contributed by atoms with E-state index in [0.717, 1.165) is 17.9 Å². The molecule has 2 unspecified atom stereocenters. The first-order valence-electron chi connectivity index (χ1n) is 4.99. The van der Waals surface area contributed by atoms with Crippen LogP contribution < -0.4 is 26.1 Å². The van der Waals surface area contributed by atoms with Crippen molar-refractivity contribution in [3.8, 4) is 11.5 Å². The number of ether oxygens (including phenoxy) is 2. The number of nitrogens with one attached hydrogen (secondary N) is 2. The van der Waals surface area contributed by atoms with Gasteiger partial charge in [0, 0.05) is 6.04 Å². The van der Waals surface area contributed by atoms with E-state index in [1.807, 2.05) is 18.2 Å². The third kappa shape index (κ3) is 1.54. The molecule has 3 rings (SSSR count). The first-order valence-corrected chi connectivity index (χ1v) is 4.99. The van der Waals surface area contributed by atoms with Crippen LogP contribution in [-0.2, 0) is 0 Å². The Bertz CT molecular complexity index is 383. The van der Waals surface area contributed by atoms with Crippen molar-refractivity contribution in [3.63, 3.8) is 0 Å². The van der Waals surface area contributed by atoms with Crippen molar-refractivity contribution in [2.75, 3.05) is 6.79 Å². The molecule has 1 aromatic rings. The summed E-state index contributed by atoms with van der Waals surface area (Å²) in [6.45, 7) is 0.314. The molecule has 1 saturated heterocycles. The van der Waals surface area contributed by atoms with Gasteiger partial charge in [0.15, 0.2) is 11.5 Å².